The van der Waals surface area contributed by atoms with Gasteiger partial charge < -0.3 is 10.2 Å². The zero-order valence-corrected chi connectivity index (χ0v) is 14.9. The lowest BCUT2D eigenvalue weighted by atomic mass is 10.0. The molecule has 0 aliphatic rings. The summed E-state index contributed by atoms with van der Waals surface area (Å²) in [5.74, 6) is 0.736. The van der Waals surface area contributed by atoms with E-state index >= 15 is 0 Å². The van der Waals surface area contributed by atoms with Gasteiger partial charge in [0, 0.05) is 17.1 Å². The fourth-order valence-corrected chi connectivity index (χ4v) is 2.80. The smallest absolute Gasteiger partial charge is 0.0332 e. The van der Waals surface area contributed by atoms with Crippen molar-refractivity contribution in [3.8, 4) is 0 Å². The molecule has 1 atom stereocenters. The Morgan fingerprint density at radius 2 is 1.80 bits per heavy atom. The topological polar surface area (TPSA) is 15.3 Å². The van der Waals surface area contributed by atoms with Crippen molar-refractivity contribution in [2.75, 3.05) is 26.2 Å². The number of nitrogens with one attached hydrogen (secondary N) is 1. The molecule has 1 unspecified atom stereocenters. The second kappa shape index (κ2) is 9.54. The average Bonchev–Trinajstić information content (AvgIpc) is 2.42. The second-order valence-corrected chi connectivity index (χ2v) is 6.65. The van der Waals surface area contributed by atoms with Crippen molar-refractivity contribution in [1.29, 1.82) is 0 Å². The monoisotopic (exact) mass is 340 g/mol. The third-order valence-corrected chi connectivity index (χ3v) is 4.06. The van der Waals surface area contributed by atoms with Crippen molar-refractivity contribution in [1.82, 2.24) is 10.2 Å². The Balaban J connectivity index is 2.60. The molecule has 1 rings (SSSR count). The average molecular weight is 341 g/mol. The first-order chi connectivity index (χ1) is 9.56. The Kier molecular flexibility index (Phi) is 8.43. The predicted octanol–water partition coefficient (Wildman–Crippen LogP) is 4.47. The van der Waals surface area contributed by atoms with E-state index in [0.717, 1.165) is 36.4 Å². The molecule has 0 saturated carbocycles. The van der Waals surface area contributed by atoms with Crippen LogP contribution in [0.4, 0.5) is 0 Å². The van der Waals surface area contributed by atoms with E-state index in [1.807, 2.05) is 0 Å². The molecule has 0 heterocycles. The van der Waals surface area contributed by atoms with Crippen molar-refractivity contribution in [2.45, 2.75) is 40.2 Å². The summed E-state index contributed by atoms with van der Waals surface area (Å²) < 4.78 is 1.14. The number of rotatable bonds is 9. The molecule has 1 N–H and O–H groups in total. The maximum Gasteiger partial charge on any atom is 0.0332 e. The van der Waals surface area contributed by atoms with Crippen LogP contribution in [0, 0.1) is 5.92 Å². The molecule has 1 aromatic carbocycles. The van der Waals surface area contributed by atoms with Gasteiger partial charge in [-0.3, -0.25) is 0 Å². The highest BCUT2D eigenvalue weighted by Crippen LogP contribution is 2.20. The standard InChI is InChI=1S/C17H29BrN2/c1-5-19-17(15-7-9-16(18)10-8-15)11-12-20(6-2)13-14(3)4/h7-10,14,17,19H,5-6,11-13H2,1-4H3. The highest BCUT2D eigenvalue weighted by molar-refractivity contribution is 9.10. The van der Waals surface area contributed by atoms with Gasteiger partial charge in [0.25, 0.3) is 0 Å². The minimum atomic E-state index is 0.453. The molecule has 0 aromatic heterocycles. The van der Waals surface area contributed by atoms with Gasteiger partial charge in [-0.2, -0.15) is 0 Å². The molecule has 114 valence electrons. The third-order valence-electron chi connectivity index (χ3n) is 3.53. The fourth-order valence-electron chi connectivity index (χ4n) is 2.53. The van der Waals surface area contributed by atoms with Gasteiger partial charge in [0.2, 0.25) is 0 Å². The van der Waals surface area contributed by atoms with Crippen LogP contribution in [0.25, 0.3) is 0 Å². The summed E-state index contributed by atoms with van der Waals surface area (Å²) in [6.07, 6.45) is 1.16. The van der Waals surface area contributed by atoms with Crippen LogP contribution >= 0.6 is 15.9 Å². The van der Waals surface area contributed by atoms with Gasteiger partial charge in [0.15, 0.2) is 0 Å². The minimum absolute atomic E-state index is 0.453. The van der Waals surface area contributed by atoms with Crippen LogP contribution in [0.2, 0.25) is 0 Å². The van der Waals surface area contributed by atoms with E-state index in [0.29, 0.717) is 6.04 Å². The van der Waals surface area contributed by atoms with Crippen molar-refractivity contribution < 1.29 is 0 Å². The van der Waals surface area contributed by atoms with Gasteiger partial charge in [0.1, 0.15) is 0 Å². The van der Waals surface area contributed by atoms with Gasteiger partial charge in [-0.1, -0.05) is 55.8 Å². The number of nitrogens with zero attached hydrogens (tertiary/aromatic N) is 1. The molecule has 0 fully saturated rings. The minimum Gasteiger partial charge on any atom is -0.310 e. The molecular weight excluding hydrogens is 312 g/mol. The Hall–Kier alpha value is -0.380. The van der Waals surface area contributed by atoms with Gasteiger partial charge in [-0.05, 0) is 49.7 Å². The first kappa shape index (κ1) is 17.7. The van der Waals surface area contributed by atoms with Crippen LogP contribution in [-0.4, -0.2) is 31.1 Å². The molecule has 0 radical (unpaired) electrons. The molecule has 0 spiro atoms. The van der Waals surface area contributed by atoms with Gasteiger partial charge in [-0.25, -0.2) is 0 Å². The molecule has 1 aromatic rings. The highest BCUT2D eigenvalue weighted by atomic mass is 79.9. The lowest BCUT2D eigenvalue weighted by Gasteiger charge is -2.26. The summed E-state index contributed by atoms with van der Waals surface area (Å²) in [4.78, 5) is 2.55. The van der Waals surface area contributed by atoms with E-state index in [1.165, 1.54) is 12.1 Å². The lowest BCUT2D eigenvalue weighted by Crippen LogP contribution is -2.32. The van der Waals surface area contributed by atoms with Crippen molar-refractivity contribution >= 4 is 15.9 Å². The maximum atomic E-state index is 3.61. The van der Waals surface area contributed by atoms with Crippen molar-refractivity contribution in [3.05, 3.63) is 34.3 Å². The summed E-state index contributed by atoms with van der Waals surface area (Å²) in [7, 11) is 0. The molecule has 0 saturated heterocycles. The number of benzene rings is 1. The second-order valence-electron chi connectivity index (χ2n) is 5.74. The summed E-state index contributed by atoms with van der Waals surface area (Å²) in [6, 6.07) is 9.15. The molecule has 20 heavy (non-hydrogen) atoms. The van der Waals surface area contributed by atoms with Crippen LogP contribution in [-0.2, 0) is 0 Å². The van der Waals surface area contributed by atoms with E-state index in [1.54, 1.807) is 0 Å². The van der Waals surface area contributed by atoms with Crippen LogP contribution < -0.4 is 5.32 Å². The Bertz CT molecular complexity index is 362. The molecule has 3 heteroatoms. The first-order valence-corrected chi connectivity index (χ1v) is 8.57. The fraction of sp³-hybridized carbons (Fsp3) is 0.647. The zero-order chi connectivity index (χ0) is 15.0. The normalized spacial score (nSPS) is 13.2. The lowest BCUT2D eigenvalue weighted by molar-refractivity contribution is 0.242. The Morgan fingerprint density at radius 1 is 1.15 bits per heavy atom. The SMILES string of the molecule is CCNC(CCN(CC)CC(C)C)c1ccc(Br)cc1. The van der Waals surface area contributed by atoms with E-state index in [4.69, 9.17) is 0 Å². The Morgan fingerprint density at radius 3 is 2.30 bits per heavy atom. The number of hydrogen-bond acceptors (Lipinski definition) is 2. The molecule has 0 aliphatic carbocycles. The quantitative estimate of drug-likeness (QED) is 0.713. The molecule has 2 nitrogen and oxygen atoms in total. The van der Waals surface area contributed by atoms with E-state index in [-0.39, 0.29) is 0 Å². The van der Waals surface area contributed by atoms with E-state index in [9.17, 15) is 0 Å². The van der Waals surface area contributed by atoms with Gasteiger partial charge >= 0.3 is 0 Å². The number of halogens is 1. The largest absolute Gasteiger partial charge is 0.310 e. The summed E-state index contributed by atoms with van der Waals surface area (Å²) in [5.41, 5.74) is 1.38. The van der Waals surface area contributed by atoms with Crippen molar-refractivity contribution in [2.24, 2.45) is 5.92 Å². The maximum absolute atomic E-state index is 3.61. The van der Waals surface area contributed by atoms with Crippen LogP contribution in [0.1, 0.15) is 45.7 Å². The van der Waals surface area contributed by atoms with Crippen molar-refractivity contribution in [3.63, 3.8) is 0 Å². The molecular formula is C17H29BrN2. The summed E-state index contributed by atoms with van der Waals surface area (Å²) in [5, 5.41) is 3.61. The van der Waals surface area contributed by atoms with Crippen LogP contribution in [0.3, 0.4) is 0 Å². The van der Waals surface area contributed by atoms with Gasteiger partial charge in [0.05, 0.1) is 0 Å². The third kappa shape index (κ3) is 6.38. The number of hydrogen-bond donors (Lipinski definition) is 1. The van der Waals surface area contributed by atoms with Crippen LogP contribution in [0.15, 0.2) is 28.7 Å². The van der Waals surface area contributed by atoms with E-state index < -0.39 is 0 Å². The Labute approximate surface area is 133 Å². The van der Waals surface area contributed by atoms with Crippen LogP contribution in [0.5, 0.6) is 0 Å². The molecule has 0 aliphatic heterocycles. The zero-order valence-electron chi connectivity index (χ0n) is 13.3. The first-order valence-electron chi connectivity index (χ1n) is 7.78. The highest BCUT2D eigenvalue weighted by Gasteiger charge is 2.12. The molecule has 0 bridgehead atoms. The predicted molar refractivity (Wildman–Crippen MR) is 92.1 cm³/mol. The van der Waals surface area contributed by atoms with E-state index in [2.05, 4.69) is 78.1 Å². The summed E-state index contributed by atoms with van der Waals surface area (Å²) >= 11 is 3.51. The van der Waals surface area contributed by atoms with Gasteiger partial charge in [-0.15, -0.1) is 0 Å². The summed E-state index contributed by atoms with van der Waals surface area (Å²) in [6.45, 7) is 13.5. The molecule has 0 amide bonds.